The van der Waals surface area contributed by atoms with Crippen molar-refractivity contribution in [3.05, 3.63) is 356 Å². The summed E-state index contributed by atoms with van der Waals surface area (Å²) >= 11 is 0. The van der Waals surface area contributed by atoms with Crippen LogP contribution in [-0.2, 0) is 6.54 Å². The van der Waals surface area contributed by atoms with Crippen LogP contribution >= 0.6 is 0 Å². The van der Waals surface area contributed by atoms with Crippen LogP contribution in [0.1, 0.15) is 18.1 Å². The number of hydrogen-bond donors (Lipinski definition) is 0. The minimum atomic E-state index is 0.282. The minimum Gasteiger partial charge on any atom is -0.334 e. The van der Waals surface area contributed by atoms with Gasteiger partial charge in [-0.25, -0.2) is 0 Å². The highest BCUT2D eigenvalue weighted by molar-refractivity contribution is 6.25. The summed E-state index contributed by atoms with van der Waals surface area (Å²) in [6, 6.07) is 124. The third-order valence-corrected chi connectivity index (χ3v) is 21.1. The molecule has 10 nitrogen and oxygen atoms in total. The van der Waals surface area contributed by atoms with Gasteiger partial charge >= 0.3 is 0 Å². The van der Waals surface area contributed by atoms with Crippen LogP contribution in [0.3, 0.4) is 0 Å². The average Bonchev–Trinajstić information content (AvgIpc) is 1.56. The maximum atomic E-state index is 11.4. The molecule has 0 atom stereocenters. The number of para-hydroxylation sites is 7. The normalized spacial score (nSPS) is 12.0. The topological polar surface area (TPSA) is 121 Å². The van der Waals surface area contributed by atoms with Gasteiger partial charge in [0.15, 0.2) is 0 Å². The first-order valence-electron chi connectivity index (χ1n) is 35.3. The number of aromatic nitrogens is 4. The predicted octanol–water partition coefficient (Wildman–Crippen LogP) is 24.7. The van der Waals surface area contributed by atoms with Crippen molar-refractivity contribution in [2.24, 2.45) is 0 Å². The van der Waals surface area contributed by atoms with E-state index in [2.05, 4.69) is 331 Å². The van der Waals surface area contributed by atoms with Crippen LogP contribution in [0.4, 0.5) is 34.1 Å². The van der Waals surface area contributed by atoms with Crippen molar-refractivity contribution in [1.29, 1.82) is 21.0 Å². The lowest BCUT2D eigenvalue weighted by Crippen LogP contribution is -2.10. The van der Waals surface area contributed by atoms with Crippen molar-refractivity contribution in [3.63, 3.8) is 0 Å². The smallest absolute Gasteiger partial charge is 0.101 e. The number of fused-ring (bicyclic) bond motifs is 16. The van der Waals surface area contributed by atoms with Gasteiger partial charge in [0, 0.05) is 94.0 Å². The molecule has 0 amide bonds. The summed E-state index contributed by atoms with van der Waals surface area (Å²) in [5, 5.41) is 56.5. The highest BCUT2D eigenvalue weighted by Gasteiger charge is 2.28. The zero-order valence-corrected chi connectivity index (χ0v) is 57.4. The lowest BCUT2D eigenvalue weighted by atomic mass is 9.94. The Morgan fingerprint density at radius 3 is 1.43 bits per heavy atom. The highest BCUT2D eigenvalue weighted by Crippen LogP contribution is 2.48. The van der Waals surface area contributed by atoms with Crippen molar-refractivity contribution in [2.75, 3.05) is 9.80 Å². The van der Waals surface area contributed by atoms with Crippen LogP contribution in [-0.4, -0.2) is 18.3 Å². The van der Waals surface area contributed by atoms with E-state index in [9.17, 15) is 21.0 Å². The van der Waals surface area contributed by atoms with E-state index in [1.54, 1.807) is 13.0 Å². The van der Waals surface area contributed by atoms with E-state index in [0.29, 0.717) is 34.6 Å². The maximum absolute atomic E-state index is 11.4. The summed E-state index contributed by atoms with van der Waals surface area (Å²) in [6.07, 6.45) is 1.91. The van der Waals surface area contributed by atoms with Gasteiger partial charge in [0.25, 0.3) is 0 Å². The summed E-state index contributed by atoms with van der Waals surface area (Å²) in [6.45, 7) is 2.05. The number of rotatable bonds is 13. The molecule has 0 N–H and O–H groups in total. The largest absolute Gasteiger partial charge is 0.334 e. The Kier molecular flexibility index (Phi) is 14.8. The lowest BCUT2D eigenvalue weighted by Gasteiger charge is -2.25. The SMILES string of the molecule is C/C(C#N)=C(C#N)\C=C(/Cn1c2ccc(N(c3ccccc3)c3ccccc3)cc2c2c3ccccc3ccc21)n1c2ccccc2c2cc(-c3cccc4c3ccc3c4c4cc(N(c5ccccc5)c5ccccc5)ccc4n3-c3cc(C#N)cc(C#N)c3-n3c4ccccc4c4ccccc43)ccc21. The third-order valence-electron chi connectivity index (χ3n) is 21.1. The minimum absolute atomic E-state index is 0.282. The van der Waals surface area contributed by atoms with Gasteiger partial charge < -0.3 is 28.1 Å². The fraction of sp³-hybridized carbons (Fsp3) is 0.0208. The molecule has 4 heterocycles. The summed E-state index contributed by atoms with van der Waals surface area (Å²) in [7, 11) is 0. The number of allylic oxidation sites excluding steroid dienone is 4. The molecule has 10 heteroatoms. The van der Waals surface area contributed by atoms with Gasteiger partial charge in [-0.2, -0.15) is 21.0 Å². The van der Waals surface area contributed by atoms with Crippen LogP contribution in [0.15, 0.2) is 345 Å². The van der Waals surface area contributed by atoms with Crippen LogP contribution in [0.2, 0.25) is 0 Å². The molecule has 0 fully saturated rings. The average molecular weight is 1350 g/mol. The first-order chi connectivity index (χ1) is 52.4. The molecular weight excluding hydrogens is 1290 g/mol. The van der Waals surface area contributed by atoms with E-state index in [1.165, 1.54) is 0 Å². The molecule has 0 aliphatic heterocycles. The van der Waals surface area contributed by atoms with Crippen molar-refractivity contribution in [1.82, 2.24) is 18.3 Å². The van der Waals surface area contributed by atoms with Crippen LogP contribution in [0.25, 0.3) is 137 Å². The van der Waals surface area contributed by atoms with Gasteiger partial charge in [-0.1, -0.05) is 188 Å². The van der Waals surface area contributed by atoms with E-state index in [-0.39, 0.29) is 5.57 Å². The van der Waals surface area contributed by atoms with Crippen molar-refractivity contribution in [2.45, 2.75) is 13.5 Å². The molecule has 15 aromatic carbocycles. The Balaban J connectivity index is 0.827. The quantitative estimate of drug-likeness (QED) is 0.0837. The Hall–Kier alpha value is -14.9. The van der Waals surface area contributed by atoms with E-state index < -0.39 is 0 Å². The third kappa shape index (κ3) is 9.90. The van der Waals surface area contributed by atoms with E-state index in [1.807, 2.05) is 48.5 Å². The number of hydrogen-bond acceptors (Lipinski definition) is 6. The Bertz CT molecular complexity index is 6970. The zero-order valence-electron chi connectivity index (χ0n) is 57.4. The highest BCUT2D eigenvalue weighted by atomic mass is 15.2. The number of nitriles is 4. The van der Waals surface area contributed by atoms with Gasteiger partial charge in [-0.3, -0.25) is 0 Å². The molecule has 0 aliphatic carbocycles. The van der Waals surface area contributed by atoms with Gasteiger partial charge in [-0.05, 0) is 185 Å². The fourth-order valence-electron chi connectivity index (χ4n) is 16.5. The summed E-state index contributed by atoms with van der Waals surface area (Å²) in [5.41, 5.74) is 19.2. The number of benzene rings is 15. The standard InChI is InChI=1S/C96H60N10/c1-62(57-97)66(59-99)53-74(61-101-85-48-43-72(102(68-24-6-2-7-25-68)69-26-8-3-9-27-69)55-83(85)94-76-32-15-14-23-64(76)41-47-91(94)101)104-86-38-19-18-35-80(86)82-54-65(42-46-89(82)104)75-36-22-37-81-77(75)45-50-92-95(81)84-56-73(103(70-28-10-4-11-29-70)71-30-12-5-13-31-71)44-49-90(84)105(92)93-52-63(58-98)51-67(60-100)96(93)106-87-39-20-16-33-78(87)79-34-17-21-40-88(79)106/h2-56H,61H2,1H3/b66-62-,74-53+. The Labute approximate surface area is 610 Å². The number of nitrogens with zero attached hydrogens (tertiary/aromatic N) is 10. The summed E-state index contributed by atoms with van der Waals surface area (Å²) in [5.74, 6) is 0. The fourth-order valence-corrected chi connectivity index (χ4v) is 16.5. The molecular formula is C96H60N10. The monoisotopic (exact) mass is 1350 g/mol. The molecule has 19 rings (SSSR count). The first-order valence-corrected chi connectivity index (χ1v) is 35.3. The molecule has 0 aliphatic rings. The van der Waals surface area contributed by atoms with Gasteiger partial charge in [0.05, 0.1) is 85.4 Å². The molecule has 106 heavy (non-hydrogen) atoms. The molecule has 494 valence electrons. The molecule has 0 spiro atoms. The lowest BCUT2D eigenvalue weighted by molar-refractivity contribution is 0.874. The Morgan fingerprint density at radius 2 is 0.840 bits per heavy atom. The Morgan fingerprint density at radius 1 is 0.349 bits per heavy atom. The van der Waals surface area contributed by atoms with Crippen LogP contribution < -0.4 is 9.80 Å². The van der Waals surface area contributed by atoms with Gasteiger partial charge in [0.1, 0.15) is 12.1 Å². The van der Waals surface area contributed by atoms with Crippen molar-refractivity contribution >= 4 is 149 Å². The molecule has 0 bridgehead atoms. The first kappa shape index (κ1) is 62.1. The van der Waals surface area contributed by atoms with E-state index >= 15 is 0 Å². The van der Waals surface area contributed by atoms with Crippen LogP contribution in [0, 0.1) is 45.3 Å². The number of anilines is 6. The second kappa shape index (κ2) is 25.3. The molecule has 0 saturated carbocycles. The van der Waals surface area contributed by atoms with E-state index in [0.717, 1.165) is 160 Å². The van der Waals surface area contributed by atoms with Gasteiger partial charge in [0.2, 0.25) is 0 Å². The van der Waals surface area contributed by atoms with E-state index in [4.69, 9.17) is 0 Å². The second-order valence-corrected chi connectivity index (χ2v) is 26.8. The van der Waals surface area contributed by atoms with Crippen molar-refractivity contribution in [3.8, 4) is 46.8 Å². The van der Waals surface area contributed by atoms with Crippen LogP contribution in [0.5, 0.6) is 0 Å². The second-order valence-electron chi connectivity index (χ2n) is 26.8. The summed E-state index contributed by atoms with van der Waals surface area (Å²) < 4.78 is 9.12. The molecule has 19 aromatic rings. The molecule has 0 saturated heterocycles. The summed E-state index contributed by atoms with van der Waals surface area (Å²) in [4.78, 5) is 4.59. The zero-order chi connectivity index (χ0) is 71.1. The molecule has 0 radical (unpaired) electrons. The molecule has 0 unspecified atom stereocenters. The predicted molar refractivity (Wildman–Crippen MR) is 435 cm³/mol. The maximum Gasteiger partial charge on any atom is 0.101 e. The molecule has 4 aromatic heterocycles. The van der Waals surface area contributed by atoms with Gasteiger partial charge in [-0.15, -0.1) is 0 Å². The van der Waals surface area contributed by atoms with Crippen molar-refractivity contribution < 1.29 is 0 Å².